The predicted octanol–water partition coefficient (Wildman–Crippen LogP) is 6.18. The minimum Gasteiger partial charge on any atom is -0.340 e. The number of hydrogen-bond donors (Lipinski definition) is 0. The normalized spacial score (nSPS) is 10.5. The van der Waals surface area contributed by atoms with E-state index < -0.39 is 0 Å². The van der Waals surface area contributed by atoms with Crippen LogP contribution in [0.5, 0.6) is 0 Å². The molecule has 2 aromatic carbocycles. The van der Waals surface area contributed by atoms with Gasteiger partial charge in [-0.05, 0) is 67.1 Å². The maximum Gasteiger partial charge on any atom is 0.0492 e. The van der Waals surface area contributed by atoms with Crippen LogP contribution in [0.15, 0.2) is 85.5 Å². The molecule has 0 amide bonds. The molecule has 158 valence electrons. The Labute approximate surface area is 194 Å². The Morgan fingerprint density at radius 3 is 1.52 bits per heavy atom. The molecule has 0 saturated heterocycles. The van der Waals surface area contributed by atoms with E-state index in [1.165, 1.54) is 21.8 Å². The molecule has 5 aromatic rings. The molecule has 0 aliphatic heterocycles. The van der Waals surface area contributed by atoms with E-state index in [0.29, 0.717) is 0 Å². The summed E-state index contributed by atoms with van der Waals surface area (Å²) in [6.07, 6.45) is 9.37. The van der Waals surface area contributed by atoms with Crippen molar-refractivity contribution in [3.8, 4) is 23.7 Å². The van der Waals surface area contributed by atoms with Crippen molar-refractivity contribution in [3.63, 3.8) is 0 Å². The summed E-state index contributed by atoms with van der Waals surface area (Å²) in [7, 11) is 0. The third kappa shape index (κ3) is 4.49. The summed E-state index contributed by atoms with van der Waals surface area (Å²) in [4.78, 5) is 8.12. The number of nitrogens with zero attached hydrogens (tertiary/aromatic N) is 3. The van der Waals surface area contributed by atoms with Crippen LogP contribution in [0, 0.1) is 23.7 Å². The highest BCUT2D eigenvalue weighted by Gasteiger charge is 2.11. The van der Waals surface area contributed by atoms with Gasteiger partial charge in [-0.25, -0.2) is 0 Å². The topological polar surface area (TPSA) is 30.7 Å². The minimum absolute atomic E-state index is 0.962. The fourth-order valence-electron chi connectivity index (χ4n) is 3.98. The molecule has 0 N–H and O–H groups in total. The number of pyridine rings is 2. The number of unbranched alkanes of at least 4 members (excludes halogenated alkanes) is 1. The molecule has 0 radical (unpaired) electrons. The molecule has 0 spiro atoms. The van der Waals surface area contributed by atoms with Crippen molar-refractivity contribution in [3.05, 3.63) is 108 Å². The van der Waals surface area contributed by atoms with Gasteiger partial charge in [0.1, 0.15) is 0 Å². The van der Waals surface area contributed by atoms with Crippen molar-refractivity contribution >= 4 is 21.8 Å². The highest BCUT2D eigenvalue weighted by atomic mass is 15.0. The van der Waals surface area contributed by atoms with Crippen LogP contribution in [0.4, 0.5) is 0 Å². The first kappa shape index (κ1) is 20.6. The highest BCUT2D eigenvalue weighted by Crippen LogP contribution is 2.31. The average Bonchev–Trinajstić information content (AvgIpc) is 3.18. The lowest BCUT2D eigenvalue weighted by atomic mass is 10.1. The van der Waals surface area contributed by atoms with Crippen molar-refractivity contribution in [2.75, 3.05) is 0 Å². The summed E-state index contributed by atoms with van der Waals surface area (Å²) in [5.74, 6) is 13.1. The van der Waals surface area contributed by atoms with E-state index in [-0.39, 0.29) is 0 Å². The van der Waals surface area contributed by atoms with Gasteiger partial charge in [-0.1, -0.05) is 37.0 Å². The monoisotopic (exact) mass is 425 g/mol. The minimum atomic E-state index is 0.962. The van der Waals surface area contributed by atoms with Gasteiger partial charge in [-0.2, -0.15) is 0 Å². The number of fused-ring (bicyclic) bond motifs is 3. The van der Waals surface area contributed by atoms with Crippen molar-refractivity contribution in [1.29, 1.82) is 0 Å². The average molecular weight is 426 g/mol. The van der Waals surface area contributed by atoms with Crippen LogP contribution in [-0.4, -0.2) is 14.5 Å². The first-order valence-corrected chi connectivity index (χ1v) is 11.2. The highest BCUT2D eigenvalue weighted by molar-refractivity contribution is 6.09. The Hall–Kier alpha value is -4.34. The maximum absolute atomic E-state index is 4.06. The SMILES string of the molecule is CCCCn1c2ccc(C#Cc3ccncc3)cc2c2cc(C#Cc3ccncc3)ccc21. The fourth-order valence-corrected chi connectivity index (χ4v) is 3.98. The van der Waals surface area contributed by atoms with E-state index in [1.807, 2.05) is 24.3 Å². The van der Waals surface area contributed by atoms with Crippen LogP contribution in [0.25, 0.3) is 21.8 Å². The summed E-state index contributed by atoms with van der Waals surface area (Å²) in [6, 6.07) is 20.7. The van der Waals surface area contributed by atoms with E-state index in [4.69, 9.17) is 0 Å². The van der Waals surface area contributed by atoms with E-state index >= 15 is 0 Å². The first-order valence-electron chi connectivity index (χ1n) is 11.2. The quantitative estimate of drug-likeness (QED) is 0.323. The van der Waals surface area contributed by atoms with Gasteiger partial charge < -0.3 is 4.57 Å². The summed E-state index contributed by atoms with van der Waals surface area (Å²) in [6.45, 7) is 3.23. The maximum atomic E-state index is 4.06. The molecule has 0 saturated carbocycles. The van der Waals surface area contributed by atoms with Crippen molar-refractivity contribution < 1.29 is 0 Å². The Balaban J connectivity index is 1.62. The first-order chi connectivity index (χ1) is 16.3. The zero-order valence-corrected chi connectivity index (χ0v) is 18.5. The van der Waals surface area contributed by atoms with E-state index in [2.05, 4.69) is 81.5 Å². The molecule has 33 heavy (non-hydrogen) atoms. The van der Waals surface area contributed by atoms with E-state index in [0.717, 1.165) is 41.6 Å². The van der Waals surface area contributed by atoms with Gasteiger partial charge in [0.05, 0.1) is 0 Å². The van der Waals surface area contributed by atoms with Crippen LogP contribution >= 0.6 is 0 Å². The number of rotatable bonds is 3. The molecule has 3 heteroatoms. The predicted molar refractivity (Wildman–Crippen MR) is 135 cm³/mol. The Kier molecular flexibility index (Phi) is 5.87. The molecule has 0 unspecified atom stereocenters. The Morgan fingerprint density at radius 2 is 1.06 bits per heavy atom. The second kappa shape index (κ2) is 9.43. The molecule has 3 aromatic heterocycles. The van der Waals surface area contributed by atoms with Crippen LogP contribution in [0.1, 0.15) is 42.0 Å². The molecule has 0 atom stereocenters. The summed E-state index contributed by atoms with van der Waals surface area (Å²) in [5.41, 5.74) is 6.41. The Bertz CT molecular complexity index is 1430. The molecule has 3 heterocycles. The molecule has 3 nitrogen and oxygen atoms in total. The van der Waals surface area contributed by atoms with Gasteiger partial charge in [-0.3, -0.25) is 9.97 Å². The molecule has 0 aliphatic rings. The van der Waals surface area contributed by atoms with Gasteiger partial charge >= 0.3 is 0 Å². The molecule has 5 rings (SSSR count). The summed E-state index contributed by atoms with van der Waals surface area (Å²) < 4.78 is 2.42. The number of benzene rings is 2. The second-order valence-electron chi connectivity index (χ2n) is 7.94. The zero-order valence-electron chi connectivity index (χ0n) is 18.5. The molecule has 0 bridgehead atoms. The van der Waals surface area contributed by atoms with Crippen molar-refractivity contribution in [2.45, 2.75) is 26.3 Å². The van der Waals surface area contributed by atoms with Gasteiger partial charge in [0.15, 0.2) is 0 Å². The van der Waals surface area contributed by atoms with Crippen LogP contribution in [-0.2, 0) is 6.54 Å². The lowest BCUT2D eigenvalue weighted by Gasteiger charge is -2.06. The molecule has 0 fully saturated rings. The third-order valence-corrected chi connectivity index (χ3v) is 5.66. The fraction of sp³-hybridized carbons (Fsp3) is 0.133. The molecular formula is C30H23N3. The smallest absolute Gasteiger partial charge is 0.0492 e. The largest absolute Gasteiger partial charge is 0.340 e. The van der Waals surface area contributed by atoms with E-state index in [1.54, 1.807) is 24.8 Å². The molecule has 0 aliphatic carbocycles. The van der Waals surface area contributed by atoms with Gasteiger partial charge in [0.25, 0.3) is 0 Å². The standard InChI is InChI=1S/C30H23N3/c1-2-3-20-33-29-10-8-25(6-4-23-12-16-31-17-13-23)21-27(29)28-22-26(9-11-30(28)33)7-5-24-14-18-32-19-15-24/h8-19,21-22H,2-3,20H2,1H3. The van der Waals surface area contributed by atoms with Crippen LogP contribution in [0.3, 0.4) is 0 Å². The second-order valence-corrected chi connectivity index (χ2v) is 7.94. The lowest BCUT2D eigenvalue weighted by molar-refractivity contribution is 0.665. The Morgan fingerprint density at radius 1 is 0.606 bits per heavy atom. The summed E-state index contributed by atoms with van der Waals surface area (Å²) >= 11 is 0. The number of hydrogen-bond acceptors (Lipinski definition) is 2. The van der Waals surface area contributed by atoms with Crippen LogP contribution < -0.4 is 0 Å². The van der Waals surface area contributed by atoms with Gasteiger partial charge in [0, 0.05) is 75.4 Å². The number of aromatic nitrogens is 3. The number of aryl methyl sites for hydroxylation is 1. The van der Waals surface area contributed by atoms with Crippen LogP contribution in [0.2, 0.25) is 0 Å². The van der Waals surface area contributed by atoms with Crippen molar-refractivity contribution in [2.24, 2.45) is 0 Å². The van der Waals surface area contributed by atoms with Gasteiger partial charge in [0.2, 0.25) is 0 Å². The lowest BCUT2D eigenvalue weighted by Crippen LogP contribution is -1.97. The molecular weight excluding hydrogens is 402 g/mol. The third-order valence-electron chi connectivity index (χ3n) is 5.66. The summed E-state index contributed by atoms with van der Waals surface area (Å²) in [5, 5.41) is 2.44. The van der Waals surface area contributed by atoms with Gasteiger partial charge in [-0.15, -0.1) is 0 Å². The van der Waals surface area contributed by atoms with Crippen molar-refractivity contribution in [1.82, 2.24) is 14.5 Å². The van der Waals surface area contributed by atoms with E-state index in [9.17, 15) is 0 Å². The zero-order chi connectivity index (χ0) is 22.5.